The molecule has 3 aromatic rings. The number of hydrogen-bond donors (Lipinski definition) is 0. The van der Waals surface area contributed by atoms with Gasteiger partial charge < -0.3 is 0 Å². The van der Waals surface area contributed by atoms with Gasteiger partial charge in [0, 0.05) is 10.0 Å². The van der Waals surface area contributed by atoms with Gasteiger partial charge in [-0.1, -0.05) is 41.4 Å². The molecule has 3 rings (SSSR count). The van der Waals surface area contributed by atoms with Crippen LogP contribution < -0.4 is 18.6 Å². The quantitative estimate of drug-likeness (QED) is 0.585. The van der Waals surface area contributed by atoms with Gasteiger partial charge in [-0.2, -0.15) is 0 Å². The molecular formula is C18H13Cl3O4S. The third-order valence-corrected chi connectivity index (χ3v) is 5.81. The molecule has 0 heterocycles. The topological polar surface area (TPSA) is 92.2 Å². The summed E-state index contributed by atoms with van der Waals surface area (Å²) in [5.41, 5.74) is 0. The third kappa shape index (κ3) is 7.15. The van der Waals surface area contributed by atoms with Crippen LogP contribution in [0.3, 0.4) is 0 Å². The van der Waals surface area contributed by atoms with E-state index in [2.05, 4.69) is 48.5 Å². The minimum Gasteiger partial charge on any atom is -0.222 e. The highest BCUT2D eigenvalue weighted by molar-refractivity contribution is 7.97. The zero-order valence-corrected chi connectivity index (χ0v) is 16.3. The zero-order chi connectivity index (χ0) is 19.2. The third-order valence-electron chi connectivity index (χ3n) is 3.08. The van der Waals surface area contributed by atoms with E-state index < -0.39 is 10.2 Å². The largest absolute Gasteiger partial charge is 0.222 e. The molecule has 0 atom stereocenters. The van der Waals surface area contributed by atoms with Crippen LogP contribution in [0.1, 0.15) is 0 Å². The molecule has 0 aliphatic heterocycles. The van der Waals surface area contributed by atoms with Crippen molar-refractivity contribution in [3.63, 3.8) is 0 Å². The Balaban J connectivity index is 0.000000431. The first-order valence-electron chi connectivity index (χ1n) is 7.16. The molecule has 0 unspecified atom stereocenters. The van der Waals surface area contributed by atoms with Crippen molar-refractivity contribution < 1.29 is 28.9 Å². The van der Waals surface area contributed by atoms with Gasteiger partial charge in [-0.15, -0.1) is 10.2 Å². The Labute approximate surface area is 166 Å². The van der Waals surface area contributed by atoms with Gasteiger partial charge in [0.2, 0.25) is 0 Å². The molecule has 0 saturated carbocycles. The van der Waals surface area contributed by atoms with Crippen LogP contribution in [0.5, 0.6) is 0 Å². The molecule has 0 aliphatic carbocycles. The summed E-state index contributed by atoms with van der Waals surface area (Å²) < 4.78 is 34.0. The number of halogens is 3. The van der Waals surface area contributed by atoms with E-state index in [1.807, 2.05) is 30.3 Å². The molecule has 3 aromatic carbocycles. The minimum atomic E-state index is -4.94. The molecular weight excluding hydrogens is 419 g/mol. The summed E-state index contributed by atoms with van der Waals surface area (Å²) in [7, 11) is -5.09. The van der Waals surface area contributed by atoms with E-state index in [-0.39, 0.29) is 10.9 Å². The molecule has 0 saturated heterocycles. The maximum atomic E-state index is 8.49. The lowest BCUT2D eigenvalue weighted by Gasteiger charge is -2.17. The van der Waals surface area contributed by atoms with E-state index in [9.17, 15) is 0 Å². The van der Waals surface area contributed by atoms with Crippen molar-refractivity contribution in [3.8, 4) is 0 Å². The fourth-order valence-electron chi connectivity index (χ4n) is 2.11. The highest BCUT2D eigenvalue weighted by atomic mass is 35.7. The molecule has 26 heavy (non-hydrogen) atoms. The molecule has 0 fully saturated rings. The highest BCUT2D eigenvalue weighted by Crippen LogP contribution is 2.32. The van der Waals surface area contributed by atoms with Crippen LogP contribution in [0, 0.1) is 10.2 Å². The van der Waals surface area contributed by atoms with Crippen molar-refractivity contribution in [2.45, 2.75) is 14.7 Å². The molecule has 136 valence electrons. The molecule has 8 heteroatoms. The summed E-state index contributed by atoms with van der Waals surface area (Å²) in [4.78, 5) is 3.77. The summed E-state index contributed by atoms with van der Waals surface area (Å²) in [5, 5.41) is 1.51. The first-order chi connectivity index (χ1) is 12.2. The lowest BCUT2D eigenvalue weighted by atomic mass is 10.3. The number of benzene rings is 3. The van der Waals surface area contributed by atoms with Crippen LogP contribution in [0.25, 0.3) is 0 Å². The molecule has 0 radical (unpaired) electrons. The Morgan fingerprint density at radius 2 is 0.846 bits per heavy atom. The van der Waals surface area contributed by atoms with E-state index in [1.165, 1.54) is 14.7 Å². The van der Waals surface area contributed by atoms with Gasteiger partial charge in [0.05, 0.1) is 10.9 Å². The monoisotopic (exact) mass is 430 g/mol. The van der Waals surface area contributed by atoms with E-state index in [0.717, 1.165) is 10.0 Å². The lowest BCUT2D eigenvalue weighted by molar-refractivity contribution is -2.00. The number of rotatable bonds is 3. The van der Waals surface area contributed by atoms with Crippen LogP contribution in [0.4, 0.5) is 0 Å². The van der Waals surface area contributed by atoms with Crippen molar-refractivity contribution in [1.29, 1.82) is 0 Å². The fourth-order valence-corrected chi connectivity index (χ4v) is 4.42. The lowest BCUT2D eigenvalue weighted by Crippen LogP contribution is -2.68. The standard InChI is InChI=1S/C18H13Cl2S.ClHO4/c19-14-6-10-17(11-7-14)21(16-4-2-1-3-5-16)18-12-8-15(20)9-13-18;2-1(3,4)5/h1-13H;(H,2,3,4,5)/q+1;/p-1. The van der Waals surface area contributed by atoms with Gasteiger partial charge >= 0.3 is 0 Å². The van der Waals surface area contributed by atoms with E-state index in [4.69, 9.17) is 41.8 Å². The maximum Gasteiger partial charge on any atom is 0.166 e. The fraction of sp³-hybridized carbons (Fsp3) is 0. The Morgan fingerprint density at radius 3 is 1.19 bits per heavy atom. The first-order valence-corrected chi connectivity index (χ1v) is 10.4. The molecule has 0 amide bonds. The Morgan fingerprint density at radius 1 is 0.538 bits per heavy atom. The molecule has 0 aromatic heterocycles. The van der Waals surface area contributed by atoms with Gasteiger partial charge in [-0.3, -0.25) is 0 Å². The predicted octanol–water partition coefficient (Wildman–Crippen LogP) is 1.33. The second kappa shape index (κ2) is 9.60. The average molecular weight is 432 g/mol. The van der Waals surface area contributed by atoms with Gasteiger partial charge in [-0.25, -0.2) is 18.6 Å². The van der Waals surface area contributed by atoms with E-state index in [1.54, 1.807) is 0 Å². The van der Waals surface area contributed by atoms with Crippen LogP contribution >= 0.6 is 23.2 Å². The van der Waals surface area contributed by atoms with Gasteiger partial charge in [0.1, 0.15) is 0 Å². The van der Waals surface area contributed by atoms with Gasteiger partial charge in [-0.05, 0) is 60.7 Å². The number of hydrogen-bond acceptors (Lipinski definition) is 4. The van der Waals surface area contributed by atoms with Crippen molar-refractivity contribution in [2.24, 2.45) is 0 Å². The maximum absolute atomic E-state index is 8.49. The smallest absolute Gasteiger partial charge is 0.166 e. The van der Waals surface area contributed by atoms with Crippen LogP contribution in [-0.4, -0.2) is 0 Å². The van der Waals surface area contributed by atoms with Crippen LogP contribution in [0.15, 0.2) is 93.5 Å². The SMILES string of the molecule is Clc1ccc([S+](c2ccccc2)c2ccc(Cl)cc2)cc1.[O-][Cl+3]([O-])([O-])[O-]. The van der Waals surface area contributed by atoms with Gasteiger partial charge in [0.15, 0.2) is 14.7 Å². The molecule has 4 nitrogen and oxygen atoms in total. The van der Waals surface area contributed by atoms with Crippen molar-refractivity contribution in [3.05, 3.63) is 88.9 Å². The highest BCUT2D eigenvalue weighted by Gasteiger charge is 2.28. The van der Waals surface area contributed by atoms with Crippen molar-refractivity contribution >= 4 is 34.1 Å². The van der Waals surface area contributed by atoms with Crippen molar-refractivity contribution in [1.82, 2.24) is 0 Å². The van der Waals surface area contributed by atoms with E-state index in [0.29, 0.717) is 0 Å². The average Bonchev–Trinajstić information content (AvgIpc) is 2.58. The summed E-state index contributed by atoms with van der Waals surface area (Å²) in [5.74, 6) is 0. The second-order valence-electron chi connectivity index (χ2n) is 4.91. The Kier molecular flexibility index (Phi) is 7.76. The van der Waals surface area contributed by atoms with Crippen LogP contribution in [0.2, 0.25) is 10.0 Å². The summed E-state index contributed by atoms with van der Waals surface area (Å²) >= 11 is 12.0. The Bertz CT molecular complexity index is 755. The van der Waals surface area contributed by atoms with Gasteiger partial charge in [0.25, 0.3) is 0 Å². The second-order valence-corrected chi connectivity index (χ2v) is 8.56. The van der Waals surface area contributed by atoms with E-state index >= 15 is 0 Å². The summed E-state index contributed by atoms with van der Waals surface area (Å²) in [6.45, 7) is 0. The molecule has 0 aliphatic rings. The summed E-state index contributed by atoms with van der Waals surface area (Å²) in [6, 6.07) is 26.6. The van der Waals surface area contributed by atoms with Crippen molar-refractivity contribution in [2.75, 3.05) is 0 Å². The minimum absolute atomic E-state index is 0.148. The molecule has 0 bridgehead atoms. The molecule has 0 N–H and O–H groups in total. The first kappa shape index (κ1) is 21.0. The summed E-state index contributed by atoms with van der Waals surface area (Å²) in [6.07, 6.45) is 0. The normalized spacial score (nSPS) is 11.0. The predicted molar refractivity (Wildman–Crippen MR) is 91.5 cm³/mol. The zero-order valence-electron chi connectivity index (χ0n) is 13.2. The molecule has 0 spiro atoms. The van der Waals surface area contributed by atoms with Crippen LogP contribution in [-0.2, 0) is 10.9 Å². The Hall–Kier alpha value is -1.28.